The zero-order valence-corrected chi connectivity index (χ0v) is 27.5. The summed E-state index contributed by atoms with van der Waals surface area (Å²) in [5, 5.41) is 7.06. The maximum absolute atomic E-state index is 5.28. The summed E-state index contributed by atoms with van der Waals surface area (Å²) in [4.78, 5) is 20.0. The van der Waals surface area contributed by atoms with Crippen molar-refractivity contribution in [3.63, 3.8) is 0 Å². The van der Waals surface area contributed by atoms with Crippen LogP contribution < -0.4 is 0 Å². The zero-order chi connectivity index (χ0) is 33.7. The van der Waals surface area contributed by atoms with Gasteiger partial charge in [0.25, 0.3) is 0 Å². The van der Waals surface area contributed by atoms with Crippen LogP contribution in [0.4, 0.5) is 0 Å². The maximum atomic E-state index is 5.28. The molecule has 0 aliphatic heterocycles. The molecule has 0 amide bonds. The molecule has 5 heterocycles. The van der Waals surface area contributed by atoms with Crippen molar-refractivity contribution in [1.29, 1.82) is 0 Å². The van der Waals surface area contributed by atoms with E-state index in [1.54, 1.807) is 0 Å². The topological polar surface area (TPSA) is 56.5 Å². The van der Waals surface area contributed by atoms with Crippen molar-refractivity contribution in [3.05, 3.63) is 176 Å². The fraction of sp³-hybridized carbons (Fsp3) is 0. The Bertz CT molecular complexity index is 2820. The van der Waals surface area contributed by atoms with Crippen molar-refractivity contribution >= 4 is 43.4 Å². The van der Waals surface area contributed by atoms with Crippen LogP contribution in [0.1, 0.15) is 0 Å². The van der Waals surface area contributed by atoms with Crippen LogP contribution in [0.2, 0.25) is 0 Å². The number of aromatic nitrogens is 5. The van der Waals surface area contributed by atoms with Gasteiger partial charge in [0.1, 0.15) is 5.82 Å². The van der Waals surface area contributed by atoms with Gasteiger partial charge < -0.3 is 0 Å². The van der Waals surface area contributed by atoms with Gasteiger partial charge in [-0.25, -0.2) is 15.0 Å². The van der Waals surface area contributed by atoms with Gasteiger partial charge in [-0.1, -0.05) is 115 Å². The fourth-order valence-corrected chi connectivity index (χ4v) is 7.51. The summed E-state index contributed by atoms with van der Waals surface area (Å²) in [6.45, 7) is 0. The largest absolute Gasteiger partial charge is 0.292 e. The predicted molar refractivity (Wildman–Crippen MR) is 209 cm³/mol. The number of pyridine rings is 4. The van der Waals surface area contributed by atoms with Gasteiger partial charge in [-0.3, -0.25) is 9.55 Å². The average molecular weight is 652 g/mol. The minimum Gasteiger partial charge on any atom is -0.292 e. The number of benzene rings is 5. The highest BCUT2D eigenvalue weighted by Crippen LogP contribution is 2.43. The van der Waals surface area contributed by atoms with Crippen molar-refractivity contribution < 1.29 is 0 Å². The van der Waals surface area contributed by atoms with E-state index < -0.39 is 0 Å². The van der Waals surface area contributed by atoms with Gasteiger partial charge in [-0.05, 0) is 81.2 Å². The molecule has 0 fully saturated rings. The second kappa shape index (κ2) is 11.9. The van der Waals surface area contributed by atoms with Crippen LogP contribution in [-0.4, -0.2) is 24.5 Å². The lowest BCUT2D eigenvalue weighted by Crippen LogP contribution is -1.99. The van der Waals surface area contributed by atoms with Crippen molar-refractivity contribution in [3.8, 4) is 51.0 Å². The van der Waals surface area contributed by atoms with Crippen molar-refractivity contribution in [2.45, 2.75) is 0 Å². The number of rotatable bonds is 5. The molecule has 238 valence electrons. The van der Waals surface area contributed by atoms with E-state index in [1.165, 1.54) is 38.1 Å². The molecule has 0 radical (unpaired) electrons. The lowest BCUT2D eigenvalue weighted by Gasteiger charge is -2.17. The highest BCUT2D eigenvalue weighted by Gasteiger charge is 2.18. The van der Waals surface area contributed by atoms with Crippen LogP contribution in [0.25, 0.3) is 94.3 Å². The summed E-state index contributed by atoms with van der Waals surface area (Å²) in [7, 11) is 0. The third-order valence-electron chi connectivity index (χ3n) is 9.71. The molecule has 0 saturated heterocycles. The Morgan fingerprint density at radius 2 is 0.824 bits per heavy atom. The number of nitrogens with zero attached hydrogens (tertiary/aromatic N) is 5. The van der Waals surface area contributed by atoms with Crippen LogP contribution in [0.5, 0.6) is 0 Å². The molecule has 5 aromatic carbocycles. The first-order valence-electron chi connectivity index (χ1n) is 17.1. The highest BCUT2D eigenvalue weighted by molar-refractivity contribution is 6.21. The maximum Gasteiger partial charge on any atom is 0.138 e. The van der Waals surface area contributed by atoms with Crippen LogP contribution in [0.3, 0.4) is 0 Å². The molecule has 51 heavy (non-hydrogen) atoms. The normalized spacial score (nSPS) is 11.5. The number of hydrogen-bond donors (Lipinski definition) is 0. The van der Waals surface area contributed by atoms with Crippen LogP contribution in [0.15, 0.2) is 176 Å². The minimum absolute atomic E-state index is 0.781. The van der Waals surface area contributed by atoms with Gasteiger partial charge in [0.15, 0.2) is 0 Å². The molecule has 0 aliphatic carbocycles. The minimum atomic E-state index is 0.781. The Morgan fingerprint density at radius 3 is 1.49 bits per heavy atom. The first kappa shape index (κ1) is 29.0. The SMILES string of the molecule is c1ccc(-c2c3ccccc3c(-c3cccc(-c4cccc(-c5cccc(-n6c7ccccc7c7ccncc76)n5)n4)n3)c3ccccc23)cc1. The average Bonchev–Trinajstić information content (AvgIpc) is 3.55. The Kier molecular flexibility index (Phi) is 6.74. The zero-order valence-electron chi connectivity index (χ0n) is 27.5. The summed E-state index contributed by atoms with van der Waals surface area (Å²) < 4.78 is 2.17. The molecule has 0 bridgehead atoms. The first-order valence-corrected chi connectivity index (χ1v) is 17.1. The predicted octanol–water partition coefficient (Wildman–Crippen LogP) is 11.3. The van der Waals surface area contributed by atoms with Gasteiger partial charge in [0.2, 0.25) is 0 Å². The van der Waals surface area contributed by atoms with E-state index in [0.29, 0.717) is 0 Å². The molecule has 0 spiro atoms. The monoisotopic (exact) mass is 651 g/mol. The summed E-state index contributed by atoms with van der Waals surface area (Å²) in [6, 6.07) is 56.8. The molecule has 0 saturated carbocycles. The van der Waals surface area contributed by atoms with E-state index >= 15 is 0 Å². The van der Waals surface area contributed by atoms with Gasteiger partial charge in [-0.15, -0.1) is 0 Å². The lowest BCUT2D eigenvalue weighted by atomic mass is 9.87. The molecular formula is C46H29N5. The van der Waals surface area contributed by atoms with Crippen molar-refractivity contribution in [1.82, 2.24) is 24.5 Å². The Morgan fingerprint density at radius 1 is 0.333 bits per heavy atom. The molecule has 5 nitrogen and oxygen atoms in total. The number of hydrogen-bond acceptors (Lipinski definition) is 4. The van der Waals surface area contributed by atoms with Crippen LogP contribution in [-0.2, 0) is 0 Å². The van der Waals surface area contributed by atoms with Gasteiger partial charge in [-0.2, -0.15) is 0 Å². The van der Waals surface area contributed by atoms with Gasteiger partial charge in [0.05, 0.1) is 45.7 Å². The lowest BCUT2D eigenvalue weighted by molar-refractivity contribution is 1.07. The quantitative estimate of drug-likeness (QED) is 0.174. The second-order valence-electron chi connectivity index (χ2n) is 12.6. The molecule has 10 rings (SSSR count). The number of para-hydroxylation sites is 1. The number of fused-ring (bicyclic) bond motifs is 5. The van der Waals surface area contributed by atoms with Crippen molar-refractivity contribution in [2.24, 2.45) is 0 Å². The molecule has 0 N–H and O–H groups in total. The molecule has 0 unspecified atom stereocenters. The summed E-state index contributed by atoms with van der Waals surface area (Å²) >= 11 is 0. The third kappa shape index (κ3) is 4.78. The third-order valence-corrected chi connectivity index (χ3v) is 9.71. The Labute approximate surface area is 294 Å². The van der Waals surface area contributed by atoms with Crippen molar-refractivity contribution in [2.75, 3.05) is 0 Å². The highest BCUT2D eigenvalue weighted by atomic mass is 15.1. The van der Waals surface area contributed by atoms with E-state index in [1.807, 2.05) is 54.9 Å². The molecule has 10 aromatic rings. The summed E-state index contributed by atoms with van der Waals surface area (Å²) in [6.07, 6.45) is 3.75. The molecular weight excluding hydrogens is 623 g/mol. The van der Waals surface area contributed by atoms with E-state index in [-0.39, 0.29) is 0 Å². The van der Waals surface area contributed by atoms with Crippen LogP contribution >= 0.6 is 0 Å². The van der Waals surface area contributed by atoms with E-state index in [9.17, 15) is 0 Å². The first-order chi connectivity index (χ1) is 25.3. The van der Waals surface area contributed by atoms with E-state index in [4.69, 9.17) is 15.0 Å². The molecule has 5 heteroatoms. The molecule has 5 aromatic heterocycles. The summed E-state index contributed by atoms with van der Waals surface area (Å²) in [5.41, 5.74) is 9.73. The van der Waals surface area contributed by atoms with Gasteiger partial charge in [0, 0.05) is 22.5 Å². The Balaban J connectivity index is 1.10. The Hall–Kier alpha value is -6.98. The van der Waals surface area contributed by atoms with E-state index in [2.05, 4.69) is 131 Å². The van der Waals surface area contributed by atoms with Gasteiger partial charge >= 0.3 is 0 Å². The standard InChI is InChI=1S/C46H29N5/c1-2-13-30(14-3-1)45-33-16-4-6-18-35(33)46(36-19-7-5-17-34(36)45)41-24-11-22-38(49-41)37-20-10-21-39(48-37)40-23-12-26-44(50-40)51-42-25-9-8-15-31(42)32-27-28-47-29-43(32)51/h1-29H. The molecule has 0 atom stereocenters. The second-order valence-corrected chi connectivity index (χ2v) is 12.6. The van der Waals surface area contributed by atoms with E-state index in [0.717, 1.165) is 56.3 Å². The van der Waals surface area contributed by atoms with Crippen LogP contribution in [0, 0.1) is 0 Å². The smallest absolute Gasteiger partial charge is 0.138 e. The fourth-order valence-electron chi connectivity index (χ4n) is 7.51. The molecule has 0 aliphatic rings. The summed E-state index contributed by atoms with van der Waals surface area (Å²) in [5.74, 6) is 0.816.